The van der Waals surface area contributed by atoms with E-state index >= 15 is 0 Å². The maximum absolute atomic E-state index is 4.55. The average molecular weight is 240 g/mol. The number of nitrogens with zero attached hydrogens (tertiary/aromatic N) is 2. The van der Waals surface area contributed by atoms with Crippen LogP contribution in [-0.4, -0.2) is 22.5 Å². The number of rotatable bonds is 2. The van der Waals surface area contributed by atoms with Crippen LogP contribution in [0.15, 0.2) is 30.3 Å². The number of hydrogen-bond acceptors (Lipinski definition) is 2. The highest BCUT2D eigenvalue weighted by atomic mass is 15.2. The quantitative estimate of drug-likeness (QED) is 0.798. The third kappa shape index (κ3) is 2.25. The first-order valence-corrected chi connectivity index (χ1v) is 6.83. The number of aryl methyl sites for hydroxylation is 1. The van der Waals surface area contributed by atoms with E-state index in [1.165, 1.54) is 30.3 Å². The summed E-state index contributed by atoms with van der Waals surface area (Å²) in [5, 5.41) is 1.25. The fourth-order valence-corrected chi connectivity index (χ4v) is 2.84. The number of pyridine rings is 1. The minimum atomic E-state index is 0.733. The van der Waals surface area contributed by atoms with E-state index in [1.54, 1.807) is 0 Å². The lowest BCUT2D eigenvalue weighted by atomic mass is 10.1. The molecule has 1 aliphatic heterocycles. The fraction of sp³-hybridized carbons (Fsp3) is 0.438. The third-order valence-electron chi connectivity index (χ3n) is 3.97. The normalized spacial score (nSPS) is 20.7. The van der Waals surface area contributed by atoms with Gasteiger partial charge in [0.05, 0.1) is 5.52 Å². The molecule has 0 saturated carbocycles. The molecule has 1 saturated heterocycles. The van der Waals surface area contributed by atoms with E-state index in [0.29, 0.717) is 0 Å². The van der Waals surface area contributed by atoms with E-state index in [0.717, 1.165) is 23.8 Å². The molecule has 1 aromatic heterocycles. The first-order valence-electron chi connectivity index (χ1n) is 6.83. The molecule has 1 fully saturated rings. The van der Waals surface area contributed by atoms with Gasteiger partial charge in [0.2, 0.25) is 0 Å². The molecule has 94 valence electrons. The Bertz CT molecular complexity index is 562. The smallest absolute Gasteiger partial charge is 0.0705 e. The van der Waals surface area contributed by atoms with Crippen LogP contribution in [0.4, 0.5) is 0 Å². The summed E-state index contributed by atoms with van der Waals surface area (Å²) >= 11 is 0. The first kappa shape index (κ1) is 11.7. The van der Waals surface area contributed by atoms with E-state index in [4.69, 9.17) is 0 Å². The standard InChI is InChI=1S/C16H20N2/c1-12-5-7-15-10-14(6-8-16(15)17-12)11-18-9-3-4-13(18)2/h5-8,10,13H,3-4,9,11H2,1-2H3/t13-/m1/s1. The summed E-state index contributed by atoms with van der Waals surface area (Å²) in [5.74, 6) is 0. The lowest BCUT2D eigenvalue weighted by Crippen LogP contribution is -2.26. The molecule has 0 spiro atoms. The summed E-state index contributed by atoms with van der Waals surface area (Å²) in [6.07, 6.45) is 2.68. The summed E-state index contributed by atoms with van der Waals surface area (Å²) in [7, 11) is 0. The Hall–Kier alpha value is -1.41. The molecule has 2 heterocycles. The van der Waals surface area contributed by atoms with Gasteiger partial charge in [0.1, 0.15) is 0 Å². The number of benzene rings is 1. The number of likely N-dealkylation sites (tertiary alicyclic amines) is 1. The molecular formula is C16H20N2. The van der Waals surface area contributed by atoms with Crippen molar-refractivity contribution in [3.63, 3.8) is 0 Å². The molecule has 0 bridgehead atoms. The molecule has 2 nitrogen and oxygen atoms in total. The summed E-state index contributed by atoms with van der Waals surface area (Å²) in [4.78, 5) is 7.12. The molecule has 1 aromatic carbocycles. The van der Waals surface area contributed by atoms with E-state index in [1.807, 2.05) is 6.92 Å². The van der Waals surface area contributed by atoms with Gasteiger partial charge in [-0.05, 0) is 57.0 Å². The van der Waals surface area contributed by atoms with Crippen LogP contribution in [0.25, 0.3) is 10.9 Å². The number of aromatic nitrogens is 1. The predicted molar refractivity (Wildman–Crippen MR) is 75.6 cm³/mol. The van der Waals surface area contributed by atoms with Crippen molar-refractivity contribution < 1.29 is 0 Å². The van der Waals surface area contributed by atoms with Gasteiger partial charge in [-0.2, -0.15) is 0 Å². The summed E-state index contributed by atoms with van der Waals surface area (Å²) in [6.45, 7) is 6.69. The van der Waals surface area contributed by atoms with Crippen molar-refractivity contribution in [2.45, 2.75) is 39.3 Å². The Morgan fingerprint density at radius 3 is 2.94 bits per heavy atom. The minimum absolute atomic E-state index is 0.733. The van der Waals surface area contributed by atoms with Crippen molar-refractivity contribution in [2.24, 2.45) is 0 Å². The second kappa shape index (κ2) is 4.69. The first-order chi connectivity index (χ1) is 8.72. The Morgan fingerprint density at radius 2 is 2.17 bits per heavy atom. The summed E-state index contributed by atoms with van der Waals surface area (Å²) < 4.78 is 0. The van der Waals surface area contributed by atoms with Crippen molar-refractivity contribution in [3.8, 4) is 0 Å². The van der Waals surface area contributed by atoms with Crippen molar-refractivity contribution in [2.75, 3.05) is 6.54 Å². The van der Waals surface area contributed by atoms with Gasteiger partial charge in [-0.3, -0.25) is 9.88 Å². The van der Waals surface area contributed by atoms with Crippen molar-refractivity contribution in [1.82, 2.24) is 9.88 Å². The zero-order chi connectivity index (χ0) is 12.5. The molecule has 18 heavy (non-hydrogen) atoms. The van der Waals surface area contributed by atoms with Crippen LogP contribution in [0.5, 0.6) is 0 Å². The van der Waals surface area contributed by atoms with Gasteiger partial charge in [0.25, 0.3) is 0 Å². The van der Waals surface area contributed by atoms with Crippen molar-refractivity contribution >= 4 is 10.9 Å². The van der Waals surface area contributed by atoms with Gasteiger partial charge in [0, 0.05) is 23.7 Å². The maximum atomic E-state index is 4.55. The van der Waals surface area contributed by atoms with Gasteiger partial charge < -0.3 is 0 Å². The fourth-order valence-electron chi connectivity index (χ4n) is 2.84. The average Bonchev–Trinajstić information content (AvgIpc) is 2.75. The Balaban J connectivity index is 1.86. The van der Waals surface area contributed by atoms with E-state index < -0.39 is 0 Å². The van der Waals surface area contributed by atoms with Gasteiger partial charge in [-0.1, -0.05) is 12.1 Å². The molecule has 2 heteroatoms. The van der Waals surface area contributed by atoms with Gasteiger partial charge >= 0.3 is 0 Å². The molecular weight excluding hydrogens is 220 g/mol. The van der Waals surface area contributed by atoms with Crippen LogP contribution in [0, 0.1) is 6.92 Å². The molecule has 0 amide bonds. The molecule has 1 atom stereocenters. The van der Waals surface area contributed by atoms with E-state index in [9.17, 15) is 0 Å². The van der Waals surface area contributed by atoms with E-state index in [2.05, 4.69) is 47.1 Å². The Morgan fingerprint density at radius 1 is 1.28 bits per heavy atom. The van der Waals surface area contributed by atoms with E-state index in [-0.39, 0.29) is 0 Å². The lowest BCUT2D eigenvalue weighted by molar-refractivity contribution is 0.260. The molecule has 3 rings (SSSR count). The summed E-state index contributed by atoms with van der Waals surface area (Å²) in [6, 6.07) is 11.7. The van der Waals surface area contributed by atoms with Crippen molar-refractivity contribution in [1.29, 1.82) is 0 Å². The number of hydrogen-bond donors (Lipinski definition) is 0. The summed E-state index contributed by atoms with van der Waals surface area (Å²) in [5.41, 5.74) is 3.60. The minimum Gasteiger partial charge on any atom is -0.296 e. The molecule has 0 radical (unpaired) electrons. The largest absolute Gasteiger partial charge is 0.296 e. The molecule has 2 aromatic rings. The highest BCUT2D eigenvalue weighted by Gasteiger charge is 2.19. The van der Waals surface area contributed by atoms with Crippen LogP contribution in [0.2, 0.25) is 0 Å². The highest BCUT2D eigenvalue weighted by molar-refractivity contribution is 5.79. The molecule has 1 aliphatic rings. The number of fused-ring (bicyclic) bond motifs is 1. The third-order valence-corrected chi connectivity index (χ3v) is 3.97. The zero-order valence-electron chi connectivity index (χ0n) is 11.2. The highest BCUT2D eigenvalue weighted by Crippen LogP contribution is 2.21. The van der Waals surface area contributed by atoms with Crippen LogP contribution in [0.1, 0.15) is 31.0 Å². The topological polar surface area (TPSA) is 16.1 Å². The SMILES string of the molecule is Cc1ccc2cc(CN3CCC[C@H]3C)ccc2n1. The van der Waals surface area contributed by atoms with Crippen LogP contribution < -0.4 is 0 Å². The Labute approximate surface area is 109 Å². The lowest BCUT2D eigenvalue weighted by Gasteiger charge is -2.21. The molecule has 0 aliphatic carbocycles. The Kier molecular flexibility index (Phi) is 3.04. The zero-order valence-corrected chi connectivity index (χ0v) is 11.2. The predicted octanol–water partition coefficient (Wildman–Crippen LogP) is 3.53. The van der Waals surface area contributed by atoms with Gasteiger partial charge in [-0.15, -0.1) is 0 Å². The molecule has 0 unspecified atom stereocenters. The second-order valence-electron chi connectivity index (χ2n) is 5.44. The van der Waals surface area contributed by atoms with Gasteiger partial charge in [-0.25, -0.2) is 0 Å². The van der Waals surface area contributed by atoms with Crippen LogP contribution in [0.3, 0.4) is 0 Å². The van der Waals surface area contributed by atoms with Crippen LogP contribution >= 0.6 is 0 Å². The van der Waals surface area contributed by atoms with Gasteiger partial charge in [0.15, 0.2) is 0 Å². The molecule has 0 N–H and O–H groups in total. The second-order valence-corrected chi connectivity index (χ2v) is 5.44. The van der Waals surface area contributed by atoms with Crippen LogP contribution in [-0.2, 0) is 6.54 Å². The maximum Gasteiger partial charge on any atom is 0.0705 e. The monoisotopic (exact) mass is 240 g/mol. The van der Waals surface area contributed by atoms with Crippen molar-refractivity contribution in [3.05, 3.63) is 41.6 Å².